The number of nitrogens with zero attached hydrogens (tertiary/aromatic N) is 3. The number of hydrogen-bond acceptors (Lipinski definition) is 5. The van der Waals surface area contributed by atoms with E-state index in [1.807, 2.05) is 20.8 Å². The average Bonchev–Trinajstić information content (AvgIpc) is 3.06. The van der Waals surface area contributed by atoms with E-state index >= 15 is 0 Å². The zero-order valence-corrected chi connectivity index (χ0v) is 18.1. The Balaban J connectivity index is 1.75. The van der Waals surface area contributed by atoms with Crippen molar-refractivity contribution in [1.29, 1.82) is 0 Å². The Morgan fingerprint density at radius 2 is 1.97 bits per heavy atom. The van der Waals surface area contributed by atoms with Gasteiger partial charge in [-0.05, 0) is 32.6 Å². The van der Waals surface area contributed by atoms with Crippen molar-refractivity contribution in [2.24, 2.45) is 11.8 Å². The van der Waals surface area contributed by atoms with Crippen molar-refractivity contribution < 1.29 is 13.2 Å². The standard InChI is InChI=1S/C19H29N5O4S/c1-5-29(27,28)23-8-6-14(7-9-23)19(26)21-18(12(2)3)15-11-17(25)24-16(20-15)10-13(4)22-24/h10-12,14,18,22H,5-9H2,1-4H3,(H,21,26). The molecule has 1 aliphatic rings. The van der Waals surface area contributed by atoms with Crippen molar-refractivity contribution in [1.82, 2.24) is 24.2 Å². The second-order valence-corrected chi connectivity index (χ2v) is 10.2. The van der Waals surface area contributed by atoms with Crippen molar-refractivity contribution in [3.05, 3.63) is 33.9 Å². The van der Waals surface area contributed by atoms with Crippen molar-refractivity contribution in [3.8, 4) is 0 Å². The van der Waals surface area contributed by atoms with E-state index in [1.54, 1.807) is 13.0 Å². The minimum Gasteiger partial charge on any atom is -0.347 e. The van der Waals surface area contributed by atoms with Crippen molar-refractivity contribution in [2.45, 2.75) is 46.6 Å². The molecule has 1 atom stereocenters. The number of H-pyrrole nitrogens is 1. The number of nitrogens with one attached hydrogen (secondary N) is 2. The number of hydrogen-bond donors (Lipinski definition) is 2. The highest BCUT2D eigenvalue weighted by molar-refractivity contribution is 7.89. The first-order valence-corrected chi connectivity index (χ1v) is 11.6. The largest absolute Gasteiger partial charge is 0.347 e. The van der Waals surface area contributed by atoms with Gasteiger partial charge in [-0.1, -0.05) is 13.8 Å². The second-order valence-electron chi connectivity index (χ2n) is 7.96. The molecular weight excluding hydrogens is 394 g/mol. The molecule has 0 aliphatic carbocycles. The highest BCUT2D eigenvalue weighted by Crippen LogP contribution is 2.24. The van der Waals surface area contributed by atoms with Crippen LogP contribution in [0.5, 0.6) is 0 Å². The Hall–Kier alpha value is -2.20. The number of aryl methyl sites for hydroxylation is 1. The fraction of sp³-hybridized carbons (Fsp3) is 0.632. The number of rotatable bonds is 6. The monoisotopic (exact) mass is 423 g/mol. The zero-order valence-electron chi connectivity index (χ0n) is 17.3. The first-order valence-electron chi connectivity index (χ1n) is 10.00. The highest BCUT2D eigenvalue weighted by atomic mass is 32.2. The zero-order chi connectivity index (χ0) is 21.3. The number of sulfonamides is 1. The second kappa shape index (κ2) is 8.27. The van der Waals surface area contributed by atoms with Crippen LogP contribution in [0.3, 0.4) is 0 Å². The summed E-state index contributed by atoms with van der Waals surface area (Å²) < 4.78 is 26.8. The van der Waals surface area contributed by atoms with Gasteiger partial charge in [-0.25, -0.2) is 22.2 Å². The molecule has 1 aliphatic heterocycles. The summed E-state index contributed by atoms with van der Waals surface area (Å²) in [6.07, 6.45) is 0.976. The Labute approximate surface area is 170 Å². The Morgan fingerprint density at radius 3 is 2.55 bits per heavy atom. The molecule has 0 saturated carbocycles. The minimum absolute atomic E-state index is 0.0360. The van der Waals surface area contributed by atoms with Crippen LogP contribution in [0, 0.1) is 18.8 Å². The number of carbonyl (C=O) groups is 1. The van der Waals surface area contributed by atoms with Gasteiger partial charge in [0.1, 0.15) is 0 Å². The van der Waals surface area contributed by atoms with Crippen LogP contribution in [-0.4, -0.2) is 52.1 Å². The molecule has 3 rings (SSSR count). The molecule has 2 N–H and O–H groups in total. The lowest BCUT2D eigenvalue weighted by atomic mass is 9.94. The predicted molar refractivity (Wildman–Crippen MR) is 110 cm³/mol. The summed E-state index contributed by atoms with van der Waals surface area (Å²) in [5, 5.41) is 5.98. The van der Waals surface area contributed by atoms with Crippen molar-refractivity contribution in [2.75, 3.05) is 18.8 Å². The normalized spacial score (nSPS) is 17.7. The average molecular weight is 424 g/mol. The van der Waals surface area contributed by atoms with Gasteiger partial charge in [0.05, 0.1) is 17.5 Å². The molecule has 1 fully saturated rings. The third-order valence-electron chi connectivity index (χ3n) is 5.46. The topological polar surface area (TPSA) is 117 Å². The van der Waals surface area contributed by atoms with Gasteiger partial charge in [0.25, 0.3) is 5.56 Å². The molecule has 2 aromatic heterocycles. The summed E-state index contributed by atoms with van der Waals surface area (Å²) in [6, 6.07) is 2.84. The maximum atomic E-state index is 12.9. The summed E-state index contributed by atoms with van der Waals surface area (Å²) in [5.74, 6) is -0.265. The predicted octanol–water partition coefficient (Wildman–Crippen LogP) is 1.21. The number of carbonyl (C=O) groups excluding carboxylic acids is 1. The van der Waals surface area contributed by atoms with Gasteiger partial charge < -0.3 is 5.32 Å². The van der Waals surface area contributed by atoms with Gasteiger partial charge in [0.2, 0.25) is 15.9 Å². The van der Waals surface area contributed by atoms with E-state index in [4.69, 9.17) is 0 Å². The van der Waals surface area contributed by atoms with Gasteiger partial charge in [0.15, 0.2) is 5.65 Å². The lowest BCUT2D eigenvalue weighted by Crippen LogP contribution is -2.44. The van der Waals surface area contributed by atoms with Crippen LogP contribution in [0.4, 0.5) is 0 Å². The molecule has 1 amide bonds. The fourth-order valence-corrected chi connectivity index (χ4v) is 4.85. The number of fused-ring (bicyclic) bond motifs is 1. The molecule has 0 spiro atoms. The molecular formula is C19H29N5O4S. The summed E-state index contributed by atoms with van der Waals surface area (Å²) >= 11 is 0. The van der Waals surface area contributed by atoms with Crippen molar-refractivity contribution >= 4 is 21.6 Å². The first-order chi connectivity index (χ1) is 13.6. The number of amides is 1. The molecule has 10 heteroatoms. The summed E-state index contributed by atoms with van der Waals surface area (Å²) in [7, 11) is -3.22. The maximum absolute atomic E-state index is 12.9. The molecule has 1 saturated heterocycles. The van der Waals surface area contributed by atoms with Crippen LogP contribution in [0.25, 0.3) is 5.65 Å². The molecule has 0 aromatic carbocycles. The van der Waals surface area contributed by atoms with Crippen LogP contribution in [0.1, 0.15) is 51.0 Å². The quantitative estimate of drug-likeness (QED) is 0.724. The molecule has 29 heavy (non-hydrogen) atoms. The van der Waals surface area contributed by atoms with Gasteiger partial charge in [-0.2, -0.15) is 0 Å². The number of piperidine rings is 1. The number of aromatic amines is 1. The van der Waals surface area contributed by atoms with E-state index in [2.05, 4.69) is 15.4 Å². The Bertz CT molecular complexity index is 1050. The molecule has 3 heterocycles. The molecule has 2 aromatic rings. The fourth-order valence-electron chi connectivity index (χ4n) is 3.72. The van der Waals surface area contributed by atoms with Crippen LogP contribution >= 0.6 is 0 Å². The lowest BCUT2D eigenvalue weighted by Gasteiger charge is -2.31. The molecule has 0 bridgehead atoms. The summed E-state index contributed by atoms with van der Waals surface area (Å²) in [6.45, 7) is 8.12. The Morgan fingerprint density at radius 1 is 1.31 bits per heavy atom. The third-order valence-corrected chi connectivity index (χ3v) is 7.35. The highest BCUT2D eigenvalue weighted by Gasteiger charge is 2.32. The number of aromatic nitrogens is 3. The minimum atomic E-state index is -3.22. The lowest BCUT2D eigenvalue weighted by molar-refractivity contribution is -0.127. The molecule has 9 nitrogen and oxygen atoms in total. The van der Waals surface area contributed by atoms with Crippen LogP contribution in [0.15, 0.2) is 16.9 Å². The van der Waals surface area contributed by atoms with Crippen LogP contribution in [-0.2, 0) is 14.8 Å². The van der Waals surface area contributed by atoms with E-state index in [0.717, 1.165) is 5.69 Å². The maximum Gasteiger partial charge on any atom is 0.272 e. The first kappa shape index (κ1) is 21.5. The van der Waals surface area contributed by atoms with E-state index < -0.39 is 16.1 Å². The third kappa shape index (κ3) is 4.53. The summed E-state index contributed by atoms with van der Waals surface area (Å²) in [5.41, 5.74) is 1.65. The summed E-state index contributed by atoms with van der Waals surface area (Å²) in [4.78, 5) is 29.8. The Kier molecular flexibility index (Phi) is 6.13. The molecule has 0 radical (unpaired) electrons. The van der Waals surface area contributed by atoms with Gasteiger partial charge >= 0.3 is 0 Å². The molecule has 160 valence electrons. The van der Waals surface area contributed by atoms with E-state index in [1.165, 1.54) is 14.9 Å². The van der Waals surface area contributed by atoms with Gasteiger partial charge in [0, 0.05) is 36.8 Å². The van der Waals surface area contributed by atoms with Crippen LogP contribution < -0.4 is 10.9 Å². The molecule has 1 unspecified atom stereocenters. The smallest absolute Gasteiger partial charge is 0.272 e. The van der Waals surface area contributed by atoms with E-state index in [9.17, 15) is 18.0 Å². The van der Waals surface area contributed by atoms with Crippen molar-refractivity contribution in [3.63, 3.8) is 0 Å². The van der Waals surface area contributed by atoms with E-state index in [0.29, 0.717) is 37.3 Å². The van der Waals surface area contributed by atoms with Gasteiger partial charge in [-0.15, -0.1) is 0 Å². The SMILES string of the molecule is CCS(=O)(=O)N1CCC(C(=O)NC(c2cc(=O)n3[nH]c(C)cc3n2)C(C)C)CC1. The van der Waals surface area contributed by atoms with E-state index in [-0.39, 0.29) is 29.1 Å². The van der Waals surface area contributed by atoms with Gasteiger partial charge in [-0.3, -0.25) is 14.7 Å². The van der Waals surface area contributed by atoms with Crippen LogP contribution in [0.2, 0.25) is 0 Å².